The summed E-state index contributed by atoms with van der Waals surface area (Å²) in [6.07, 6.45) is 3.65. The summed E-state index contributed by atoms with van der Waals surface area (Å²) in [5, 5.41) is 8.81. The molecule has 3 N–H and O–H groups in total. The number of fused-ring (bicyclic) bond motifs is 1. The number of aromatic nitrogens is 4. The van der Waals surface area contributed by atoms with Crippen molar-refractivity contribution in [3.05, 3.63) is 65.7 Å². The van der Waals surface area contributed by atoms with Crippen LogP contribution in [0.1, 0.15) is 29.9 Å². The largest absolute Gasteiger partial charge is 0.399 e. The maximum absolute atomic E-state index is 12.0. The molecule has 1 atom stereocenters. The summed E-state index contributed by atoms with van der Waals surface area (Å²) in [7, 11) is 3.47. The molecule has 0 aliphatic carbocycles. The van der Waals surface area contributed by atoms with E-state index in [9.17, 15) is 4.79 Å². The lowest BCUT2D eigenvalue weighted by molar-refractivity contribution is -0.129. The molecule has 8 heteroatoms. The first-order chi connectivity index (χ1) is 15.7. The van der Waals surface area contributed by atoms with Crippen LogP contribution >= 0.6 is 0 Å². The molecule has 0 saturated carbocycles. The van der Waals surface area contributed by atoms with Gasteiger partial charge in [0.1, 0.15) is 18.2 Å². The number of aryl methyl sites for hydroxylation is 2. The fraction of sp³-hybridized carbons (Fsp3) is 0.280. The van der Waals surface area contributed by atoms with Gasteiger partial charge in [0.05, 0.1) is 17.8 Å². The van der Waals surface area contributed by atoms with Gasteiger partial charge in [0, 0.05) is 36.9 Å². The highest BCUT2D eigenvalue weighted by atomic mass is 16.2. The van der Waals surface area contributed by atoms with Gasteiger partial charge in [0.15, 0.2) is 0 Å². The van der Waals surface area contributed by atoms with Crippen LogP contribution in [-0.2, 0) is 11.3 Å². The molecule has 170 valence electrons. The Morgan fingerprint density at radius 3 is 2.64 bits per heavy atom. The van der Waals surface area contributed by atoms with Crippen molar-refractivity contribution in [2.24, 2.45) is 0 Å². The van der Waals surface area contributed by atoms with Crippen molar-refractivity contribution >= 4 is 28.3 Å². The van der Waals surface area contributed by atoms with Crippen molar-refractivity contribution in [1.82, 2.24) is 24.6 Å². The zero-order chi connectivity index (χ0) is 23.7. The molecule has 0 spiro atoms. The van der Waals surface area contributed by atoms with Gasteiger partial charge in [0.2, 0.25) is 5.91 Å². The van der Waals surface area contributed by atoms with Crippen molar-refractivity contribution in [3.8, 4) is 11.1 Å². The van der Waals surface area contributed by atoms with E-state index < -0.39 is 0 Å². The first kappa shape index (κ1) is 22.3. The second kappa shape index (κ2) is 8.90. The normalized spacial score (nSPS) is 12.0. The Hall–Kier alpha value is -3.94. The van der Waals surface area contributed by atoms with E-state index in [4.69, 9.17) is 5.73 Å². The molecule has 1 amide bonds. The van der Waals surface area contributed by atoms with E-state index in [1.165, 1.54) is 0 Å². The number of anilines is 2. The highest BCUT2D eigenvalue weighted by Gasteiger charge is 2.14. The summed E-state index contributed by atoms with van der Waals surface area (Å²) in [6.45, 7) is 6.22. The molecular weight excluding hydrogens is 414 g/mol. The number of carbonyl (C=O) groups is 1. The van der Waals surface area contributed by atoms with Gasteiger partial charge < -0.3 is 16.0 Å². The molecule has 4 aromatic rings. The van der Waals surface area contributed by atoms with E-state index in [0.29, 0.717) is 5.82 Å². The quantitative estimate of drug-likeness (QED) is 0.438. The Balaban J connectivity index is 1.67. The summed E-state index contributed by atoms with van der Waals surface area (Å²) < 4.78 is 1.65. The minimum Gasteiger partial charge on any atom is -0.399 e. The van der Waals surface area contributed by atoms with E-state index >= 15 is 0 Å². The number of carbonyl (C=O) groups excluding carboxylic acids is 1. The van der Waals surface area contributed by atoms with Crippen LogP contribution in [0, 0.1) is 13.8 Å². The van der Waals surface area contributed by atoms with Crippen LogP contribution in [0.5, 0.6) is 0 Å². The van der Waals surface area contributed by atoms with Crippen LogP contribution in [0.25, 0.3) is 22.0 Å². The van der Waals surface area contributed by atoms with Gasteiger partial charge in [-0.1, -0.05) is 12.1 Å². The van der Waals surface area contributed by atoms with E-state index in [1.54, 1.807) is 29.9 Å². The number of nitrogens with one attached hydrogen (secondary N) is 1. The van der Waals surface area contributed by atoms with E-state index in [-0.39, 0.29) is 18.5 Å². The molecule has 0 aliphatic rings. The third kappa shape index (κ3) is 4.95. The maximum Gasteiger partial charge on any atom is 0.243 e. The Morgan fingerprint density at radius 1 is 1.12 bits per heavy atom. The van der Waals surface area contributed by atoms with E-state index in [0.717, 1.165) is 44.7 Å². The molecule has 0 saturated heterocycles. The summed E-state index contributed by atoms with van der Waals surface area (Å²) in [5.74, 6) is 1.45. The Labute approximate surface area is 193 Å². The summed E-state index contributed by atoms with van der Waals surface area (Å²) in [4.78, 5) is 22.8. The molecule has 2 aromatic heterocycles. The van der Waals surface area contributed by atoms with Crippen molar-refractivity contribution in [3.63, 3.8) is 0 Å². The van der Waals surface area contributed by atoms with Crippen molar-refractivity contribution in [2.45, 2.75) is 33.4 Å². The maximum atomic E-state index is 12.0. The minimum atomic E-state index is -0.00991. The minimum absolute atomic E-state index is 0.00755. The first-order valence-corrected chi connectivity index (χ1v) is 10.8. The topological polar surface area (TPSA) is 102 Å². The number of nitrogens with two attached hydrogens (primary N) is 1. The van der Waals surface area contributed by atoms with Crippen LogP contribution in [0.4, 0.5) is 11.5 Å². The molecular formula is C25H29N7O. The summed E-state index contributed by atoms with van der Waals surface area (Å²) in [6, 6.07) is 12.1. The zero-order valence-corrected chi connectivity index (χ0v) is 19.6. The fourth-order valence-corrected chi connectivity index (χ4v) is 3.79. The SMILES string of the molecule is Cc1cc(N)cc([C@@H](C)Nc2nc(C)nc3ccc(-c4cnn(CC(=O)N(C)C)c4)cc23)c1. The number of nitrogens with zero attached hydrogens (tertiary/aromatic N) is 5. The van der Waals surface area contributed by atoms with Gasteiger partial charge >= 0.3 is 0 Å². The van der Waals surface area contributed by atoms with Gasteiger partial charge in [-0.2, -0.15) is 5.10 Å². The fourth-order valence-electron chi connectivity index (χ4n) is 3.79. The van der Waals surface area contributed by atoms with Crippen LogP contribution in [0.15, 0.2) is 48.8 Å². The van der Waals surface area contributed by atoms with Crippen molar-refractivity contribution in [1.29, 1.82) is 0 Å². The lowest BCUT2D eigenvalue weighted by atomic mass is 10.0. The lowest BCUT2D eigenvalue weighted by Gasteiger charge is -2.18. The molecule has 8 nitrogen and oxygen atoms in total. The van der Waals surface area contributed by atoms with Crippen LogP contribution < -0.4 is 11.1 Å². The third-order valence-electron chi connectivity index (χ3n) is 5.55. The average Bonchev–Trinajstić information content (AvgIpc) is 3.21. The Bertz CT molecular complexity index is 1310. The van der Waals surface area contributed by atoms with Gasteiger partial charge in [-0.05, 0) is 61.7 Å². The number of amides is 1. The van der Waals surface area contributed by atoms with Crippen LogP contribution in [0.3, 0.4) is 0 Å². The molecule has 33 heavy (non-hydrogen) atoms. The van der Waals surface area contributed by atoms with Crippen molar-refractivity contribution in [2.75, 3.05) is 25.1 Å². The number of hydrogen-bond acceptors (Lipinski definition) is 6. The summed E-state index contributed by atoms with van der Waals surface area (Å²) >= 11 is 0. The summed E-state index contributed by atoms with van der Waals surface area (Å²) in [5.41, 5.74) is 11.8. The van der Waals surface area contributed by atoms with E-state index in [2.05, 4.69) is 39.4 Å². The van der Waals surface area contributed by atoms with Crippen LogP contribution in [0.2, 0.25) is 0 Å². The molecule has 0 bridgehead atoms. The Morgan fingerprint density at radius 2 is 1.91 bits per heavy atom. The van der Waals surface area contributed by atoms with Gasteiger partial charge in [-0.25, -0.2) is 9.97 Å². The lowest BCUT2D eigenvalue weighted by Crippen LogP contribution is -2.26. The number of likely N-dealkylation sites (N-methyl/N-ethyl adjacent to an activating group) is 1. The molecule has 0 radical (unpaired) electrons. The smallest absolute Gasteiger partial charge is 0.243 e. The second-order valence-corrected chi connectivity index (χ2v) is 8.61. The zero-order valence-electron chi connectivity index (χ0n) is 19.6. The number of benzene rings is 2. The van der Waals surface area contributed by atoms with Gasteiger partial charge in [-0.3, -0.25) is 9.48 Å². The second-order valence-electron chi connectivity index (χ2n) is 8.61. The van der Waals surface area contributed by atoms with Crippen molar-refractivity contribution < 1.29 is 4.79 Å². The standard InChI is InChI=1S/C25H29N7O/c1-15-8-19(10-21(26)9-15)16(2)28-25-22-11-18(6-7-23(22)29-17(3)30-25)20-12-27-32(13-20)14-24(33)31(4)5/h6-13,16H,14,26H2,1-5H3,(H,28,29,30)/t16-/m1/s1. The number of hydrogen-bond donors (Lipinski definition) is 2. The predicted molar refractivity (Wildman–Crippen MR) is 132 cm³/mol. The Kier molecular flexibility index (Phi) is 6.00. The first-order valence-electron chi connectivity index (χ1n) is 10.8. The average molecular weight is 444 g/mol. The highest BCUT2D eigenvalue weighted by molar-refractivity contribution is 5.92. The number of rotatable bonds is 6. The predicted octanol–water partition coefficient (Wildman–Crippen LogP) is 3.95. The highest BCUT2D eigenvalue weighted by Crippen LogP contribution is 2.30. The van der Waals surface area contributed by atoms with Gasteiger partial charge in [-0.15, -0.1) is 0 Å². The van der Waals surface area contributed by atoms with Crippen LogP contribution in [-0.4, -0.2) is 44.7 Å². The van der Waals surface area contributed by atoms with Gasteiger partial charge in [0.25, 0.3) is 0 Å². The number of nitrogen functional groups attached to an aromatic ring is 1. The molecule has 0 fully saturated rings. The molecule has 2 aromatic carbocycles. The third-order valence-corrected chi connectivity index (χ3v) is 5.55. The van der Waals surface area contributed by atoms with E-state index in [1.807, 2.05) is 44.3 Å². The molecule has 2 heterocycles. The molecule has 0 aliphatic heterocycles. The molecule has 0 unspecified atom stereocenters. The molecule has 4 rings (SSSR count). The monoisotopic (exact) mass is 443 g/mol.